The largest absolute Gasteiger partial charge is 0.494 e. The van der Waals surface area contributed by atoms with Gasteiger partial charge in [-0.15, -0.1) is 0 Å². The highest BCUT2D eigenvalue weighted by atomic mass is 79.9. The molecule has 0 spiro atoms. The van der Waals surface area contributed by atoms with Crippen molar-refractivity contribution in [2.24, 2.45) is 0 Å². The van der Waals surface area contributed by atoms with Crippen molar-refractivity contribution >= 4 is 15.9 Å². The van der Waals surface area contributed by atoms with Crippen LogP contribution < -0.4 is 9.47 Å². The molecular formula is C8H8BrF2NO2. The zero-order chi connectivity index (χ0) is 10.7. The summed E-state index contributed by atoms with van der Waals surface area (Å²) in [5, 5.41) is 0. The molecule has 0 N–H and O–H groups in total. The average Bonchev–Trinajstić information content (AvgIpc) is 2.17. The summed E-state index contributed by atoms with van der Waals surface area (Å²) in [4.78, 5) is 3.63. The first-order valence-corrected chi connectivity index (χ1v) is 4.46. The maximum absolute atomic E-state index is 12.4. The van der Waals surface area contributed by atoms with Gasteiger partial charge in [-0.25, -0.2) is 13.8 Å². The number of nitrogens with zero attached hydrogens (tertiary/aromatic N) is 1. The summed E-state index contributed by atoms with van der Waals surface area (Å²) >= 11 is 3.01. The first kappa shape index (κ1) is 11.2. The van der Waals surface area contributed by atoms with Crippen LogP contribution in [0.5, 0.6) is 11.5 Å². The van der Waals surface area contributed by atoms with E-state index < -0.39 is 12.1 Å². The molecule has 0 fully saturated rings. The SMILES string of the molecule is COc1cc(OC)c(C(F)F)nc1Br. The van der Waals surface area contributed by atoms with Crippen LogP contribution in [0.25, 0.3) is 0 Å². The van der Waals surface area contributed by atoms with Crippen LogP contribution in [0.4, 0.5) is 8.78 Å². The Kier molecular flexibility index (Phi) is 3.62. The highest BCUT2D eigenvalue weighted by Crippen LogP contribution is 2.34. The third-order valence-electron chi connectivity index (χ3n) is 1.58. The maximum atomic E-state index is 12.4. The van der Waals surface area contributed by atoms with Crippen molar-refractivity contribution in [3.05, 3.63) is 16.4 Å². The molecule has 1 aromatic heterocycles. The van der Waals surface area contributed by atoms with Crippen molar-refractivity contribution in [1.82, 2.24) is 4.98 Å². The topological polar surface area (TPSA) is 31.4 Å². The molecule has 0 unspecified atom stereocenters. The van der Waals surface area contributed by atoms with Gasteiger partial charge in [-0.1, -0.05) is 0 Å². The Morgan fingerprint density at radius 3 is 2.29 bits per heavy atom. The molecule has 0 saturated heterocycles. The zero-order valence-corrected chi connectivity index (χ0v) is 9.14. The Balaban J connectivity index is 3.24. The van der Waals surface area contributed by atoms with Crippen LogP contribution in [-0.2, 0) is 0 Å². The lowest BCUT2D eigenvalue weighted by Gasteiger charge is -2.10. The fraction of sp³-hybridized carbons (Fsp3) is 0.375. The van der Waals surface area contributed by atoms with Gasteiger partial charge in [0.15, 0.2) is 5.75 Å². The van der Waals surface area contributed by atoms with E-state index >= 15 is 0 Å². The van der Waals surface area contributed by atoms with Crippen LogP contribution in [0, 0.1) is 0 Å². The number of alkyl halides is 2. The molecule has 0 aliphatic heterocycles. The molecule has 0 amide bonds. The molecule has 0 radical (unpaired) electrons. The van der Waals surface area contributed by atoms with Crippen LogP contribution in [0.1, 0.15) is 12.1 Å². The van der Waals surface area contributed by atoms with Crippen LogP contribution >= 0.6 is 15.9 Å². The quantitative estimate of drug-likeness (QED) is 0.790. The smallest absolute Gasteiger partial charge is 0.284 e. The standard InChI is InChI=1S/C8H8BrF2NO2/c1-13-4-3-5(14-2)7(9)12-6(4)8(10)11/h3,8H,1-2H3. The van der Waals surface area contributed by atoms with E-state index in [2.05, 4.69) is 20.9 Å². The van der Waals surface area contributed by atoms with Crippen molar-refractivity contribution < 1.29 is 18.3 Å². The molecule has 0 saturated carbocycles. The van der Waals surface area contributed by atoms with E-state index in [-0.39, 0.29) is 10.4 Å². The van der Waals surface area contributed by atoms with Crippen molar-refractivity contribution in [2.75, 3.05) is 14.2 Å². The summed E-state index contributed by atoms with van der Waals surface area (Å²) in [7, 11) is 2.72. The summed E-state index contributed by atoms with van der Waals surface area (Å²) in [6.45, 7) is 0. The second-order valence-corrected chi connectivity index (χ2v) is 3.12. The lowest BCUT2D eigenvalue weighted by atomic mass is 10.3. The first-order valence-electron chi connectivity index (χ1n) is 3.66. The second kappa shape index (κ2) is 4.54. The molecule has 6 heteroatoms. The fourth-order valence-corrected chi connectivity index (χ4v) is 1.40. The minimum absolute atomic E-state index is 0.0139. The van der Waals surface area contributed by atoms with E-state index in [1.165, 1.54) is 20.3 Å². The lowest BCUT2D eigenvalue weighted by Crippen LogP contribution is -1.99. The number of hydrogen-bond donors (Lipinski definition) is 0. The molecule has 1 heterocycles. The number of methoxy groups -OCH3 is 2. The Morgan fingerprint density at radius 2 is 1.86 bits per heavy atom. The van der Waals surface area contributed by atoms with Crippen molar-refractivity contribution in [2.45, 2.75) is 6.43 Å². The first-order chi connectivity index (χ1) is 6.60. The molecular weight excluding hydrogens is 260 g/mol. The van der Waals surface area contributed by atoms with E-state index in [9.17, 15) is 8.78 Å². The lowest BCUT2D eigenvalue weighted by molar-refractivity contribution is 0.141. The van der Waals surface area contributed by atoms with Gasteiger partial charge in [0.05, 0.1) is 14.2 Å². The molecule has 0 aliphatic carbocycles. The predicted molar refractivity (Wildman–Crippen MR) is 50.0 cm³/mol. The van der Waals surface area contributed by atoms with Crippen molar-refractivity contribution in [1.29, 1.82) is 0 Å². The molecule has 0 aliphatic rings. The van der Waals surface area contributed by atoms with E-state index in [1.54, 1.807) is 0 Å². The van der Waals surface area contributed by atoms with Crippen LogP contribution in [-0.4, -0.2) is 19.2 Å². The van der Waals surface area contributed by atoms with Gasteiger partial charge < -0.3 is 9.47 Å². The molecule has 0 atom stereocenters. The van der Waals surface area contributed by atoms with E-state index in [0.717, 1.165) is 0 Å². The normalized spacial score (nSPS) is 10.4. The Labute approximate surface area is 88.2 Å². The van der Waals surface area contributed by atoms with Crippen LogP contribution in [0.2, 0.25) is 0 Å². The summed E-state index contributed by atoms with van der Waals surface area (Å²) in [6, 6.07) is 1.36. The number of ether oxygens (including phenoxy) is 2. The molecule has 1 rings (SSSR count). The number of pyridine rings is 1. The number of hydrogen-bond acceptors (Lipinski definition) is 3. The third-order valence-corrected chi connectivity index (χ3v) is 2.15. The van der Waals surface area contributed by atoms with Crippen molar-refractivity contribution in [3.8, 4) is 11.5 Å². The van der Waals surface area contributed by atoms with Gasteiger partial charge >= 0.3 is 0 Å². The summed E-state index contributed by atoms with van der Waals surface area (Å²) < 4.78 is 34.7. The third kappa shape index (κ3) is 2.12. The molecule has 3 nitrogen and oxygen atoms in total. The number of rotatable bonds is 3. The zero-order valence-electron chi connectivity index (χ0n) is 7.55. The van der Waals surface area contributed by atoms with Gasteiger partial charge in [0, 0.05) is 6.07 Å². The maximum Gasteiger partial charge on any atom is 0.284 e. The molecule has 1 aromatic rings. The average molecular weight is 268 g/mol. The van der Waals surface area contributed by atoms with Gasteiger partial charge in [-0.2, -0.15) is 0 Å². The minimum atomic E-state index is -2.67. The van der Waals surface area contributed by atoms with E-state index in [1.807, 2.05) is 0 Å². The molecule has 0 aromatic carbocycles. The molecule has 14 heavy (non-hydrogen) atoms. The number of halogens is 3. The van der Waals surface area contributed by atoms with E-state index in [0.29, 0.717) is 5.75 Å². The van der Waals surface area contributed by atoms with Crippen LogP contribution in [0.3, 0.4) is 0 Å². The van der Waals surface area contributed by atoms with Gasteiger partial charge in [0.2, 0.25) is 0 Å². The molecule has 0 bridgehead atoms. The summed E-state index contributed by atoms with van der Waals surface area (Å²) in [6.07, 6.45) is -2.67. The predicted octanol–water partition coefficient (Wildman–Crippen LogP) is 2.80. The van der Waals surface area contributed by atoms with E-state index in [4.69, 9.17) is 9.47 Å². The van der Waals surface area contributed by atoms with Gasteiger partial charge in [0.1, 0.15) is 16.0 Å². The highest BCUT2D eigenvalue weighted by molar-refractivity contribution is 9.10. The Bertz CT molecular complexity index is 333. The fourth-order valence-electron chi connectivity index (χ4n) is 0.931. The number of aromatic nitrogens is 1. The van der Waals surface area contributed by atoms with Gasteiger partial charge in [-0.3, -0.25) is 0 Å². The van der Waals surface area contributed by atoms with Crippen molar-refractivity contribution in [3.63, 3.8) is 0 Å². The minimum Gasteiger partial charge on any atom is -0.494 e. The van der Waals surface area contributed by atoms with Crippen LogP contribution in [0.15, 0.2) is 10.7 Å². The Morgan fingerprint density at radius 1 is 1.29 bits per heavy atom. The highest BCUT2D eigenvalue weighted by Gasteiger charge is 2.18. The monoisotopic (exact) mass is 267 g/mol. The summed E-state index contributed by atoms with van der Waals surface area (Å²) in [5.41, 5.74) is -0.403. The summed E-state index contributed by atoms with van der Waals surface area (Å²) in [5.74, 6) is 0.367. The molecule has 78 valence electrons. The second-order valence-electron chi connectivity index (χ2n) is 2.37. The Hall–Kier alpha value is -0.910. The van der Waals surface area contributed by atoms with Gasteiger partial charge in [0.25, 0.3) is 6.43 Å². The van der Waals surface area contributed by atoms with Gasteiger partial charge in [-0.05, 0) is 15.9 Å².